The summed E-state index contributed by atoms with van der Waals surface area (Å²) in [6.45, 7) is 4.06. The molecular weight excluding hydrogens is 348 g/mol. The minimum absolute atomic E-state index is 0.00427. The zero-order valence-electron chi connectivity index (χ0n) is 15.0. The Morgan fingerprint density at radius 2 is 2.00 bits per heavy atom. The van der Waals surface area contributed by atoms with Crippen molar-refractivity contribution >= 4 is 17.8 Å². The number of urea groups is 1. The summed E-state index contributed by atoms with van der Waals surface area (Å²) in [5.74, 6) is -0.906. The average Bonchev–Trinajstić information content (AvgIpc) is 3.00. The number of nitrogens with one attached hydrogen (secondary N) is 3. The minimum atomic E-state index is -1.13. The van der Waals surface area contributed by atoms with E-state index in [1.54, 1.807) is 0 Å². The molecule has 9 nitrogen and oxygen atoms in total. The van der Waals surface area contributed by atoms with E-state index in [1.165, 1.54) is 11.0 Å². The van der Waals surface area contributed by atoms with Gasteiger partial charge in [-0.25, -0.2) is 4.79 Å². The largest absolute Gasteiger partial charge is 0.348 e. The highest BCUT2D eigenvalue weighted by molar-refractivity contribution is 6.08. The number of aromatic nitrogens is 3. The van der Waals surface area contributed by atoms with Gasteiger partial charge in [-0.2, -0.15) is 9.90 Å². The van der Waals surface area contributed by atoms with Crippen molar-refractivity contribution < 1.29 is 14.4 Å². The van der Waals surface area contributed by atoms with Gasteiger partial charge in [0, 0.05) is 0 Å². The fourth-order valence-electron chi connectivity index (χ4n) is 3.67. The van der Waals surface area contributed by atoms with Gasteiger partial charge in [-0.05, 0) is 29.9 Å². The van der Waals surface area contributed by atoms with Crippen LogP contribution in [0.15, 0.2) is 36.5 Å². The first kappa shape index (κ1) is 17.2. The van der Waals surface area contributed by atoms with Crippen LogP contribution in [0.3, 0.4) is 0 Å². The molecule has 1 aliphatic carbocycles. The number of nitrogens with zero attached hydrogens (tertiary/aromatic N) is 3. The summed E-state index contributed by atoms with van der Waals surface area (Å²) in [7, 11) is 0. The molecule has 1 saturated carbocycles. The monoisotopic (exact) mass is 368 g/mol. The Bertz CT molecular complexity index is 922. The standard InChI is InChI=1S/C18H20N6O3/c1-17(2)8-13(17)18(15(26)21-16(27)22-18)10-19-14(25)12-9-20-24(23-12)11-6-4-3-5-7-11/h3-7,9,13H,8,10H2,1-2H3,(H,19,25)(H2,21,22,26,27). The summed E-state index contributed by atoms with van der Waals surface area (Å²) in [6, 6.07) is 8.68. The second-order valence-corrected chi connectivity index (χ2v) is 7.66. The van der Waals surface area contributed by atoms with Crippen LogP contribution >= 0.6 is 0 Å². The summed E-state index contributed by atoms with van der Waals surface area (Å²) >= 11 is 0. The van der Waals surface area contributed by atoms with E-state index in [9.17, 15) is 14.4 Å². The maximum atomic E-state index is 12.5. The van der Waals surface area contributed by atoms with E-state index >= 15 is 0 Å². The third-order valence-electron chi connectivity index (χ3n) is 5.32. The van der Waals surface area contributed by atoms with Crippen molar-refractivity contribution in [2.45, 2.75) is 25.8 Å². The van der Waals surface area contributed by atoms with Crippen molar-refractivity contribution in [1.29, 1.82) is 0 Å². The van der Waals surface area contributed by atoms with Crippen LogP contribution in [0.25, 0.3) is 5.69 Å². The average molecular weight is 368 g/mol. The highest BCUT2D eigenvalue weighted by Crippen LogP contribution is 2.57. The first-order valence-corrected chi connectivity index (χ1v) is 8.71. The fraction of sp³-hybridized carbons (Fsp3) is 0.389. The Labute approximate surface area is 155 Å². The third kappa shape index (κ3) is 2.94. The van der Waals surface area contributed by atoms with E-state index in [0.29, 0.717) is 0 Å². The quantitative estimate of drug-likeness (QED) is 0.669. The van der Waals surface area contributed by atoms with Gasteiger partial charge in [0.1, 0.15) is 5.54 Å². The van der Waals surface area contributed by atoms with Crippen LogP contribution in [0.5, 0.6) is 0 Å². The highest BCUT2D eigenvalue weighted by atomic mass is 16.2. The Morgan fingerprint density at radius 3 is 2.59 bits per heavy atom. The first-order valence-electron chi connectivity index (χ1n) is 8.71. The predicted octanol–water partition coefficient (Wildman–Crippen LogP) is 0.621. The van der Waals surface area contributed by atoms with Crippen molar-refractivity contribution in [3.8, 4) is 5.69 Å². The third-order valence-corrected chi connectivity index (χ3v) is 5.32. The van der Waals surface area contributed by atoms with E-state index in [-0.39, 0.29) is 23.6 Å². The van der Waals surface area contributed by atoms with Crippen LogP contribution in [0, 0.1) is 11.3 Å². The molecule has 0 radical (unpaired) electrons. The van der Waals surface area contributed by atoms with E-state index in [2.05, 4.69) is 26.1 Å². The molecular formula is C18H20N6O3. The zero-order valence-corrected chi connectivity index (χ0v) is 15.0. The molecule has 1 aromatic carbocycles. The molecule has 2 heterocycles. The SMILES string of the molecule is CC1(C)CC1C1(CNC(=O)c2cnn(-c3ccccc3)n2)NC(=O)NC1=O. The smallest absolute Gasteiger partial charge is 0.322 e. The number of hydrogen-bond acceptors (Lipinski definition) is 5. The van der Waals surface area contributed by atoms with Gasteiger partial charge in [0.05, 0.1) is 18.4 Å². The van der Waals surface area contributed by atoms with Gasteiger partial charge < -0.3 is 10.6 Å². The second kappa shape index (κ2) is 5.90. The number of carbonyl (C=O) groups is 3. The molecule has 2 aliphatic rings. The lowest BCUT2D eigenvalue weighted by atomic mass is 9.88. The van der Waals surface area contributed by atoms with Crippen molar-refractivity contribution in [1.82, 2.24) is 30.9 Å². The Morgan fingerprint density at radius 1 is 1.30 bits per heavy atom. The van der Waals surface area contributed by atoms with Gasteiger partial charge in [-0.15, -0.1) is 5.10 Å². The fourth-order valence-corrected chi connectivity index (χ4v) is 3.67. The number of para-hydroxylation sites is 1. The van der Waals surface area contributed by atoms with Crippen molar-refractivity contribution in [2.24, 2.45) is 11.3 Å². The van der Waals surface area contributed by atoms with Gasteiger partial charge in [-0.1, -0.05) is 32.0 Å². The molecule has 1 saturated heterocycles. The Balaban J connectivity index is 1.49. The first-order chi connectivity index (χ1) is 12.8. The topological polar surface area (TPSA) is 118 Å². The lowest BCUT2D eigenvalue weighted by molar-refractivity contribution is -0.124. The number of benzene rings is 1. The molecule has 2 unspecified atom stereocenters. The Hall–Kier alpha value is -3.23. The van der Waals surface area contributed by atoms with E-state index in [1.807, 2.05) is 44.2 Å². The molecule has 1 aromatic heterocycles. The predicted molar refractivity (Wildman–Crippen MR) is 95.0 cm³/mol. The maximum Gasteiger partial charge on any atom is 0.322 e. The Kier molecular flexibility index (Phi) is 3.76. The molecule has 1 aliphatic heterocycles. The van der Waals surface area contributed by atoms with E-state index in [0.717, 1.165) is 12.1 Å². The summed E-state index contributed by atoms with van der Waals surface area (Å²) in [4.78, 5) is 38.0. The molecule has 2 atom stereocenters. The molecule has 27 heavy (non-hydrogen) atoms. The van der Waals surface area contributed by atoms with Crippen molar-refractivity contribution in [3.63, 3.8) is 0 Å². The van der Waals surface area contributed by atoms with Crippen LogP contribution in [-0.4, -0.2) is 44.9 Å². The number of rotatable bonds is 5. The second-order valence-electron chi connectivity index (χ2n) is 7.66. The van der Waals surface area contributed by atoms with Gasteiger partial charge in [0.2, 0.25) is 0 Å². The molecule has 4 amide bonds. The molecule has 140 valence electrons. The van der Waals surface area contributed by atoms with Gasteiger partial charge in [-0.3, -0.25) is 14.9 Å². The van der Waals surface area contributed by atoms with Crippen LogP contribution in [0.2, 0.25) is 0 Å². The van der Waals surface area contributed by atoms with E-state index in [4.69, 9.17) is 0 Å². The number of amides is 4. The summed E-state index contributed by atoms with van der Waals surface area (Å²) in [5.41, 5.74) is -0.342. The zero-order chi connectivity index (χ0) is 19.2. The lowest BCUT2D eigenvalue weighted by Crippen LogP contribution is -2.57. The molecule has 2 fully saturated rings. The molecule has 2 aromatic rings. The van der Waals surface area contributed by atoms with Crippen LogP contribution in [0.1, 0.15) is 30.8 Å². The summed E-state index contributed by atoms with van der Waals surface area (Å²) in [5, 5.41) is 16.0. The van der Waals surface area contributed by atoms with Crippen molar-refractivity contribution in [3.05, 3.63) is 42.2 Å². The summed E-state index contributed by atoms with van der Waals surface area (Å²) in [6.07, 6.45) is 2.16. The van der Waals surface area contributed by atoms with Crippen LogP contribution in [0.4, 0.5) is 4.79 Å². The van der Waals surface area contributed by atoms with Gasteiger partial charge >= 0.3 is 6.03 Å². The molecule has 3 N–H and O–H groups in total. The molecule has 4 rings (SSSR count). The normalized spacial score (nSPS) is 25.6. The molecule has 0 spiro atoms. The highest BCUT2D eigenvalue weighted by Gasteiger charge is 2.64. The van der Waals surface area contributed by atoms with Crippen LogP contribution in [-0.2, 0) is 4.79 Å². The maximum absolute atomic E-state index is 12.5. The number of imide groups is 1. The van der Waals surface area contributed by atoms with Gasteiger partial charge in [0.15, 0.2) is 5.69 Å². The number of carbonyl (C=O) groups excluding carboxylic acids is 3. The summed E-state index contributed by atoms with van der Waals surface area (Å²) < 4.78 is 0. The molecule has 9 heteroatoms. The van der Waals surface area contributed by atoms with Crippen molar-refractivity contribution in [2.75, 3.05) is 6.54 Å². The molecule has 0 bridgehead atoms. The van der Waals surface area contributed by atoms with Gasteiger partial charge in [0.25, 0.3) is 11.8 Å². The van der Waals surface area contributed by atoms with E-state index < -0.39 is 23.4 Å². The lowest BCUT2D eigenvalue weighted by Gasteiger charge is -2.28. The minimum Gasteiger partial charge on any atom is -0.348 e. The number of hydrogen-bond donors (Lipinski definition) is 3. The van der Waals surface area contributed by atoms with Crippen LogP contribution < -0.4 is 16.0 Å².